The highest BCUT2D eigenvalue weighted by molar-refractivity contribution is 6.10. The standard InChI is InChI=1S/C15H15FN4O/c16-11-6-7-15(21-13-4-2-1-3-5-13)14(8-11)20-19-12(9-17)10-18/h6-8,13,20H,1-5H2. The monoisotopic (exact) mass is 286 g/mol. The molecule has 1 N–H and O–H groups in total. The van der Waals surface area contributed by atoms with E-state index in [-0.39, 0.29) is 11.8 Å². The minimum Gasteiger partial charge on any atom is -0.488 e. The molecule has 0 heterocycles. The molecule has 0 saturated heterocycles. The van der Waals surface area contributed by atoms with Gasteiger partial charge in [0.15, 0.2) is 0 Å². The fourth-order valence-corrected chi connectivity index (χ4v) is 2.25. The Morgan fingerprint density at radius 3 is 2.62 bits per heavy atom. The number of nitrogens with zero attached hydrogens (tertiary/aromatic N) is 3. The minimum atomic E-state index is -0.445. The SMILES string of the molecule is N#CC(C#N)=NNc1cc(F)ccc1OC1CCCCC1. The Labute approximate surface area is 122 Å². The number of nitrogens with one attached hydrogen (secondary N) is 1. The Bertz CT molecular complexity index is 593. The molecular weight excluding hydrogens is 271 g/mol. The molecule has 1 aliphatic rings. The number of hydrogen-bond donors (Lipinski definition) is 1. The summed E-state index contributed by atoms with van der Waals surface area (Å²) in [7, 11) is 0. The molecule has 1 aromatic rings. The van der Waals surface area contributed by atoms with Crippen LogP contribution in [0.5, 0.6) is 5.75 Å². The molecule has 1 aliphatic carbocycles. The Hall–Kier alpha value is -2.60. The van der Waals surface area contributed by atoms with Crippen LogP contribution in [-0.4, -0.2) is 11.8 Å². The van der Waals surface area contributed by atoms with E-state index in [1.807, 2.05) is 0 Å². The smallest absolute Gasteiger partial charge is 0.237 e. The van der Waals surface area contributed by atoms with E-state index in [4.69, 9.17) is 15.3 Å². The molecule has 2 rings (SSSR count). The van der Waals surface area contributed by atoms with Gasteiger partial charge in [-0.3, -0.25) is 5.43 Å². The predicted molar refractivity (Wildman–Crippen MR) is 76.2 cm³/mol. The molecule has 1 fully saturated rings. The highest BCUT2D eigenvalue weighted by Crippen LogP contribution is 2.30. The Morgan fingerprint density at radius 1 is 1.24 bits per heavy atom. The lowest BCUT2D eigenvalue weighted by atomic mass is 9.98. The van der Waals surface area contributed by atoms with Crippen molar-refractivity contribution in [3.8, 4) is 17.9 Å². The average Bonchev–Trinajstić information content (AvgIpc) is 2.52. The molecule has 0 aromatic heterocycles. The molecule has 1 aromatic carbocycles. The molecule has 0 unspecified atom stereocenters. The number of rotatable bonds is 4. The van der Waals surface area contributed by atoms with Gasteiger partial charge in [-0.25, -0.2) is 4.39 Å². The van der Waals surface area contributed by atoms with Crippen molar-refractivity contribution in [1.29, 1.82) is 10.5 Å². The van der Waals surface area contributed by atoms with Crippen molar-refractivity contribution in [1.82, 2.24) is 0 Å². The summed E-state index contributed by atoms with van der Waals surface area (Å²) in [6.07, 6.45) is 5.52. The molecule has 0 amide bonds. The van der Waals surface area contributed by atoms with E-state index >= 15 is 0 Å². The minimum absolute atomic E-state index is 0.111. The molecule has 5 nitrogen and oxygen atoms in total. The molecule has 21 heavy (non-hydrogen) atoms. The first kappa shape index (κ1) is 14.8. The Kier molecular flexibility index (Phi) is 5.11. The molecule has 0 spiro atoms. The highest BCUT2D eigenvalue weighted by atomic mass is 19.1. The molecule has 1 saturated carbocycles. The largest absolute Gasteiger partial charge is 0.488 e. The molecular formula is C15H15FN4O. The summed E-state index contributed by atoms with van der Waals surface area (Å²) in [6.45, 7) is 0. The van der Waals surface area contributed by atoms with Gasteiger partial charge in [0.05, 0.1) is 6.10 Å². The lowest BCUT2D eigenvalue weighted by Crippen LogP contribution is -2.20. The summed E-state index contributed by atoms with van der Waals surface area (Å²) >= 11 is 0. The van der Waals surface area contributed by atoms with Crippen LogP contribution in [0.2, 0.25) is 0 Å². The third-order valence-electron chi connectivity index (χ3n) is 3.29. The van der Waals surface area contributed by atoms with Crippen LogP contribution >= 0.6 is 0 Å². The van der Waals surface area contributed by atoms with Crippen LogP contribution in [0, 0.1) is 28.5 Å². The van der Waals surface area contributed by atoms with E-state index < -0.39 is 5.82 Å². The Balaban J connectivity index is 2.15. The van der Waals surface area contributed by atoms with Crippen molar-refractivity contribution in [3.05, 3.63) is 24.0 Å². The molecule has 0 atom stereocenters. The van der Waals surface area contributed by atoms with Crippen molar-refractivity contribution >= 4 is 11.4 Å². The fraction of sp³-hybridized carbons (Fsp3) is 0.400. The lowest BCUT2D eigenvalue weighted by Gasteiger charge is -2.24. The summed E-state index contributed by atoms with van der Waals surface area (Å²) in [5.74, 6) is 0.0291. The van der Waals surface area contributed by atoms with Crippen LogP contribution in [0.1, 0.15) is 32.1 Å². The summed E-state index contributed by atoms with van der Waals surface area (Å²) in [4.78, 5) is 0. The number of nitriles is 2. The zero-order chi connectivity index (χ0) is 15.1. The van der Waals surface area contributed by atoms with E-state index in [9.17, 15) is 4.39 Å². The van der Waals surface area contributed by atoms with Gasteiger partial charge in [0.2, 0.25) is 5.71 Å². The first-order valence-corrected chi connectivity index (χ1v) is 6.83. The number of ether oxygens (including phenoxy) is 1. The zero-order valence-electron chi connectivity index (χ0n) is 11.5. The average molecular weight is 286 g/mol. The van der Waals surface area contributed by atoms with Gasteiger partial charge in [-0.15, -0.1) is 0 Å². The second kappa shape index (κ2) is 7.25. The third-order valence-corrected chi connectivity index (χ3v) is 3.29. The number of benzene rings is 1. The summed E-state index contributed by atoms with van der Waals surface area (Å²) < 4.78 is 19.2. The van der Waals surface area contributed by atoms with Crippen molar-refractivity contribution in [2.24, 2.45) is 5.10 Å². The molecule has 108 valence electrons. The van der Waals surface area contributed by atoms with E-state index in [1.165, 1.54) is 24.6 Å². The van der Waals surface area contributed by atoms with E-state index in [0.717, 1.165) is 25.7 Å². The molecule has 0 bridgehead atoms. The van der Waals surface area contributed by atoms with Gasteiger partial charge in [-0.1, -0.05) is 6.42 Å². The normalized spacial score (nSPS) is 14.6. The van der Waals surface area contributed by atoms with Crippen molar-refractivity contribution in [3.63, 3.8) is 0 Å². The van der Waals surface area contributed by atoms with Crippen LogP contribution in [0.3, 0.4) is 0 Å². The van der Waals surface area contributed by atoms with Gasteiger partial charge in [-0.2, -0.15) is 15.6 Å². The van der Waals surface area contributed by atoms with E-state index in [0.29, 0.717) is 11.4 Å². The number of hydrazone groups is 1. The predicted octanol–water partition coefficient (Wildman–Crippen LogP) is 3.35. The highest BCUT2D eigenvalue weighted by Gasteiger charge is 2.16. The zero-order valence-corrected chi connectivity index (χ0v) is 11.5. The van der Waals surface area contributed by atoms with Gasteiger partial charge >= 0.3 is 0 Å². The first-order valence-electron chi connectivity index (χ1n) is 6.83. The Morgan fingerprint density at radius 2 is 1.95 bits per heavy atom. The first-order chi connectivity index (χ1) is 10.2. The third kappa shape index (κ3) is 4.19. The van der Waals surface area contributed by atoms with Crippen LogP contribution in [0.4, 0.5) is 10.1 Å². The van der Waals surface area contributed by atoms with Crippen molar-refractivity contribution < 1.29 is 9.13 Å². The molecule has 0 aliphatic heterocycles. The maximum Gasteiger partial charge on any atom is 0.237 e. The molecule has 6 heteroatoms. The maximum absolute atomic E-state index is 13.3. The second-order valence-electron chi connectivity index (χ2n) is 4.81. The van der Waals surface area contributed by atoms with Gasteiger partial charge in [0, 0.05) is 6.07 Å². The fourth-order valence-electron chi connectivity index (χ4n) is 2.25. The quantitative estimate of drug-likeness (QED) is 0.679. The lowest BCUT2D eigenvalue weighted by molar-refractivity contribution is 0.155. The topological polar surface area (TPSA) is 81.2 Å². The van der Waals surface area contributed by atoms with Crippen LogP contribution in [0.15, 0.2) is 23.3 Å². The van der Waals surface area contributed by atoms with Gasteiger partial charge in [0.1, 0.15) is 29.4 Å². The molecule has 0 radical (unpaired) electrons. The van der Waals surface area contributed by atoms with Crippen LogP contribution < -0.4 is 10.2 Å². The number of hydrogen-bond acceptors (Lipinski definition) is 5. The number of halogens is 1. The number of anilines is 1. The van der Waals surface area contributed by atoms with E-state index in [2.05, 4.69) is 10.5 Å². The van der Waals surface area contributed by atoms with Gasteiger partial charge in [0.25, 0.3) is 0 Å². The van der Waals surface area contributed by atoms with Crippen LogP contribution in [-0.2, 0) is 0 Å². The van der Waals surface area contributed by atoms with Crippen molar-refractivity contribution in [2.45, 2.75) is 38.2 Å². The second-order valence-corrected chi connectivity index (χ2v) is 4.81. The van der Waals surface area contributed by atoms with Gasteiger partial charge < -0.3 is 4.74 Å². The summed E-state index contributed by atoms with van der Waals surface area (Å²) in [5, 5.41) is 20.9. The van der Waals surface area contributed by atoms with Crippen LogP contribution in [0.25, 0.3) is 0 Å². The summed E-state index contributed by atoms with van der Waals surface area (Å²) in [5.41, 5.74) is 2.50. The van der Waals surface area contributed by atoms with Crippen molar-refractivity contribution in [2.75, 3.05) is 5.43 Å². The summed E-state index contributed by atoms with van der Waals surface area (Å²) in [6, 6.07) is 7.32. The van der Waals surface area contributed by atoms with E-state index in [1.54, 1.807) is 12.1 Å². The van der Waals surface area contributed by atoms with Gasteiger partial charge in [-0.05, 0) is 37.8 Å². The maximum atomic E-state index is 13.3.